The lowest BCUT2D eigenvalue weighted by atomic mass is 10.2. The normalized spacial score (nSPS) is 20.1. The summed E-state index contributed by atoms with van der Waals surface area (Å²) in [5.74, 6) is 1.69. The minimum absolute atomic E-state index is 0.187. The number of halogens is 1. The molecule has 0 amide bonds. The lowest BCUT2D eigenvalue weighted by Gasteiger charge is -2.17. The summed E-state index contributed by atoms with van der Waals surface area (Å²) in [4.78, 5) is 22.3. The van der Waals surface area contributed by atoms with E-state index in [1.807, 2.05) is 6.07 Å². The summed E-state index contributed by atoms with van der Waals surface area (Å²) in [6, 6.07) is 4.85. The largest absolute Gasteiger partial charge is 0.394 e. The first kappa shape index (κ1) is 17.4. The number of fused-ring (bicyclic) bond motifs is 3. The van der Waals surface area contributed by atoms with Gasteiger partial charge < -0.3 is 9.63 Å². The molecule has 9 heteroatoms. The Labute approximate surface area is 164 Å². The van der Waals surface area contributed by atoms with Gasteiger partial charge in [-0.2, -0.15) is 4.98 Å². The van der Waals surface area contributed by atoms with Crippen molar-refractivity contribution in [3.05, 3.63) is 45.8 Å². The molecule has 144 valence electrons. The van der Waals surface area contributed by atoms with Crippen molar-refractivity contribution in [1.29, 1.82) is 0 Å². The molecular weight excluding hydrogens is 382 g/mol. The topological polar surface area (TPSA) is 98.5 Å². The minimum atomic E-state index is -0.436. The Bertz CT molecular complexity index is 1270. The quantitative estimate of drug-likeness (QED) is 0.566. The summed E-state index contributed by atoms with van der Waals surface area (Å²) < 4.78 is 8.64. The molecule has 1 saturated carbocycles. The van der Waals surface area contributed by atoms with E-state index in [1.54, 1.807) is 29.8 Å². The van der Waals surface area contributed by atoms with Crippen molar-refractivity contribution >= 4 is 28.2 Å². The number of benzene rings is 1. The third kappa shape index (κ3) is 2.48. The van der Waals surface area contributed by atoms with Gasteiger partial charge in [-0.1, -0.05) is 23.7 Å². The van der Waals surface area contributed by atoms with E-state index in [2.05, 4.69) is 22.0 Å². The van der Waals surface area contributed by atoms with Gasteiger partial charge in [-0.05, 0) is 37.5 Å². The van der Waals surface area contributed by atoms with E-state index in [0.29, 0.717) is 39.4 Å². The van der Waals surface area contributed by atoms with Crippen LogP contribution in [-0.2, 0) is 0 Å². The Hall–Kier alpha value is -2.71. The maximum absolute atomic E-state index is 13.4. The third-order valence-electron chi connectivity index (χ3n) is 5.43. The van der Waals surface area contributed by atoms with Crippen LogP contribution >= 0.6 is 11.6 Å². The van der Waals surface area contributed by atoms with Crippen LogP contribution in [0.15, 0.2) is 33.8 Å². The predicted molar refractivity (Wildman–Crippen MR) is 104 cm³/mol. The van der Waals surface area contributed by atoms with E-state index in [1.165, 1.54) is 4.57 Å². The highest BCUT2D eigenvalue weighted by molar-refractivity contribution is 6.31. The first-order chi connectivity index (χ1) is 13.5. The van der Waals surface area contributed by atoms with Crippen molar-refractivity contribution in [2.75, 3.05) is 6.61 Å². The second kappa shape index (κ2) is 6.15. The Morgan fingerprint density at radius 3 is 2.89 bits per heavy atom. The maximum Gasteiger partial charge on any atom is 0.278 e. The van der Waals surface area contributed by atoms with E-state index in [4.69, 9.17) is 16.1 Å². The third-order valence-corrected chi connectivity index (χ3v) is 5.67. The molecule has 0 bridgehead atoms. The van der Waals surface area contributed by atoms with Crippen molar-refractivity contribution in [1.82, 2.24) is 24.1 Å². The van der Waals surface area contributed by atoms with Crippen molar-refractivity contribution in [2.45, 2.75) is 32.2 Å². The minimum Gasteiger partial charge on any atom is -0.394 e. The second-order valence-electron chi connectivity index (χ2n) is 7.43. The lowest BCUT2D eigenvalue weighted by Crippen LogP contribution is -2.27. The standard InChI is InChI=1S/C19H18ClN5O3/c1-9-5-12(9)18-22-17(23-28-18)15-16-19(27)25(10(2)7-26)14-6-11(20)3-4-13(14)24(16)8-21-15/h3-4,6,8-10,12,26H,5,7H2,1-2H3. The predicted octanol–water partition coefficient (Wildman–Crippen LogP) is 3.03. The van der Waals surface area contributed by atoms with Crippen molar-refractivity contribution in [3.8, 4) is 11.5 Å². The summed E-state index contributed by atoms with van der Waals surface area (Å²) in [7, 11) is 0. The Balaban J connectivity index is 1.80. The molecule has 0 spiro atoms. The van der Waals surface area contributed by atoms with E-state index >= 15 is 0 Å². The number of rotatable bonds is 4. The molecule has 1 aromatic carbocycles. The SMILES string of the molecule is CC1CC1c1nc(-c2ncn3c2c(=O)n(C(C)CO)c2cc(Cl)ccc23)no1. The summed E-state index contributed by atoms with van der Waals surface area (Å²) in [6.45, 7) is 3.72. The van der Waals surface area contributed by atoms with Crippen LogP contribution < -0.4 is 5.56 Å². The average Bonchev–Trinajstić information content (AvgIpc) is 3.09. The molecule has 0 radical (unpaired) electrons. The van der Waals surface area contributed by atoms with Crippen LogP contribution in [0.3, 0.4) is 0 Å². The van der Waals surface area contributed by atoms with E-state index in [9.17, 15) is 9.90 Å². The number of aliphatic hydroxyl groups is 1. The number of aliphatic hydroxyl groups excluding tert-OH is 1. The summed E-state index contributed by atoms with van der Waals surface area (Å²) in [5.41, 5.74) is 1.78. The molecule has 1 aliphatic carbocycles. The second-order valence-corrected chi connectivity index (χ2v) is 7.86. The van der Waals surface area contributed by atoms with Crippen molar-refractivity contribution in [2.24, 2.45) is 5.92 Å². The van der Waals surface area contributed by atoms with Crippen LogP contribution in [0.25, 0.3) is 28.1 Å². The number of aromatic nitrogens is 5. The zero-order chi connectivity index (χ0) is 19.6. The van der Waals surface area contributed by atoms with Gasteiger partial charge in [0, 0.05) is 10.9 Å². The highest BCUT2D eigenvalue weighted by Gasteiger charge is 2.39. The van der Waals surface area contributed by atoms with Gasteiger partial charge in [0.1, 0.15) is 17.5 Å². The summed E-state index contributed by atoms with van der Waals surface area (Å²) in [6.07, 6.45) is 2.60. The molecule has 1 aliphatic rings. The number of hydrogen-bond donors (Lipinski definition) is 1. The summed E-state index contributed by atoms with van der Waals surface area (Å²) >= 11 is 6.16. The molecular formula is C19H18ClN5O3. The van der Waals surface area contributed by atoms with Crippen LogP contribution in [0.2, 0.25) is 5.02 Å². The van der Waals surface area contributed by atoms with Gasteiger partial charge in [-0.3, -0.25) is 13.8 Å². The number of hydrogen-bond acceptors (Lipinski definition) is 6. The molecule has 3 aromatic heterocycles. The van der Waals surface area contributed by atoms with E-state index < -0.39 is 6.04 Å². The van der Waals surface area contributed by atoms with E-state index in [0.717, 1.165) is 11.9 Å². The fourth-order valence-corrected chi connectivity index (χ4v) is 3.85. The lowest BCUT2D eigenvalue weighted by molar-refractivity contribution is 0.239. The molecule has 28 heavy (non-hydrogen) atoms. The molecule has 0 saturated heterocycles. The van der Waals surface area contributed by atoms with Crippen molar-refractivity contribution < 1.29 is 9.63 Å². The van der Waals surface area contributed by atoms with Gasteiger partial charge in [0.25, 0.3) is 5.56 Å². The molecule has 0 aliphatic heterocycles. The smallest absolute Gasteiger partial charge is 0.278 e. The van der Waals surface area contributed by atoms with Crippen molar-refractivity contribution in [3.63, 3.8) is 0 Å². The molecule has 8 nitrogen and oxygen atoms in total. The molecule has 5 rings (SSSR count). The van der Waals surface area contributed by atoms with Crippen LogP contribution in [-0.4, -0.2) is 35.8 Å². The van der Waals surface area contributed by atoms with Gasteiger partial charge in [0.05, 0.1) is 23.7 Å². The van der Waals surface area contributed by atoms with Gasteiger partial charge in [0.2, 0.25) is 11.7 Å². The Morgan fingerprint density at radius 1 is 1.39 bits per heavy atom. The fourth-order valence-electron chi connectivity index (χ4n) is 3.68. The van der Waals surface area contributed by atoms with Gasteiger partial charge in [0.15, 0.2) is 0 Å². The van der Waals surface area contributed by atoms with Gasteiger partial charge >= 0.3 is 0 Å². The summed E-state index contributed by atoms with van der Waals surface area (Å²) in [5, 5.41) is 14.3. The van der Waals surface area contributed by atoms with Crippen LogP contribution in [0.4, 0.5) is 0 Å². The molecule has 3 atom stereocenters. The van der Waals surface area contributed by atoms with E-state index in [-0.39, 0.29) is 18.1 Å². The fraction of sp³-hybridized carbons (Fsp3) is 0.368. The first-order valence-corrected chi connectivity index (χ1v) is 9.53. The molecule has 1 fully saturated rings. The monoisotopic (exact) mass is 399 g/mol. The maximum atomic E-state index is 13.4. The zero-order valence-corrected chi connectivity index (χ0v) is 16.1. The number of nitrogens with zero attached hydrogens (tertiary/aromatic N) is 5. The van der Waals surface area contributed by atoms with Crippen LogP contribution in [0, 0.1) is 5.92 Å². The van der Waals surface area contributed by atoms with Crippen LogP contribution in [0.5, 0.6) is 0 Å². The number of imidazole rings is 1. The van der Waals surface area contributed by atoms with Gasteiger partial charge in [-0.25, -0.2) is 4.98 Å². The van der Waals surface area contributed by atoms with Crippen LogP contribution in [0.1, 0.15) is 38.1 Å². The molecule has 4 aromatic rings. The highest BCUT2D eigenvalue weighted by atomic mass is 35.5. The zero-order valence-electron chi connectivity index (χ0n) is 15.3. The Morgan fingerprint density at radius 2 is 2.18 bits per heavy atom. The Kier molecular flexibility index (Phi) is 3.82. The first-order valence-electron chi connectivity index (χ1n) is 9.15. The molecule has 1 N–H and O–H groups in total. The molecule has 3 heterocycles. The average molecular weight is 400 g/mol. The van der Waals surface area contributed by atoms with Gasteiger partial charge in [-0.15, -0.1) is 0 Å². The highest BCUT2D eigenvalue weighted by Crippen LogP contribution is 2.46. The molecule has 3 unspecified atom stereocenters.